The molecule has 1 saturated heterocycles. The summed E-state index contributed by atoms with van der Waals surface area (Å²) in [7, 11) is 1.56. The van der Waals surface area contributed by atoms with Crippen LogP contribution in [-0.4, -0.2) is 87.9 Å². The summed E-state index contributed by atoms with van der Waals surface area (Å²) in [6, 6.07) is 2.51. The van der Waals surface area contributed by atoms with Gasteiger partial charge in [-0.2, -0.15) is 0 Å². The minimum absolute atomic E-state index is 0.124. The molecule has 37 heavy (non-hydrogen) atoms. The van der Waals surface area contributed by atoms with Gasteiger partial charge in [0.1, 0.15) is 28.8 Å². The van der Waals surface area contributed by atoms with Gasteiger partial charge in [-0.25, -0.2) is 14.4 Å². The number of nitrogens with zero attached hydrogens (tertiary/aromatic N) is 5. The van der Waals surface area contributed by atoms with E-state index in [1.165, 1.54) is 17.1 Å². The van der Waals surface area contributed by atoms with Gasteiger partial charge in [0.05, 0.1) is 50.0 Å². The number of amides is 3. The zero-order valence-electron chi connectivity index (χ0n) is 21.3. The van der Waals surface area contributed by atoms with Crippen molar-refractivity contribution in [2.45, 2.75) is 63.7 Å². The van der Waals surface area contributed by atoms with Crippen LogP contribution in [0.3, 0.4) is 0 Å². The first-order chi connectivity index (χ1) is 17.7. The minimum atomic E-state index is -1.03. The summed E-state index contributed by atoms with van der Waals surface area (Å²) in [5.74, 6) is -0.713. The molecule has 1 aromatic rings. The highest BCUT2D eigenvalue weighted by Gasteiger charge is 2.57. The van der Waals surface area contributed by atoms with Gasteiger partial charge >= 0.3 is 0 Å². The molecule has 12 heteroatoms. The van der Waals surface area contributed by atoms with Gasteiger partial charge in [0.15, 0.2) is 0 Å². The fourth-order valence-electron chi connectivity index (χ4n) is 5.62. The Morgan fingerprint density at radius 2 is 2.08 bits per heavy atom. The van der Waals surface area contributed by atoms with Crippen molar-refractivity contribution in [2.75, 3.05) is 32.1 Å². The molecule has 4 heterocycles. The van der Waals surface area contributed by atoms with E-state index in [1.54, 1.807) is 16.9 Å². The Morgan fingerprint density at radius 3 is 2.76 bits per heavy atom. The molecule has 0 spiro atoms. The Hall–Kier alpha value is -3.54. The number of hydrogen-bond donors (Lipinski definition) is 2. The van der Waals surface area contributed by atoms with E-state index in [0.29, 0.717) is 24.4 Å². The number of hydrazine groups is 1. The van der Waals surface area contributed by atoms with Gasteiger partial charge in [0.2, 0.25) is 5.91 Å². The van der Waals surface area contributed by atoms with E-state index in [0.717, 1.165) is 31.9 Å². The summed E-state index contributed by atoms with van der Waals surface area (Å²) in [6.07, 6.45) is 5.63. The van der Waals surface area contributed by atoms with Crippen molar-refractivity contribution >= 4 is 29.4 Å². The maximum atomic E-state index is 13.7. The fourth-order valence-corrected chi connectivity index (χ4v) is 5.62. The summed E-state index contributed by atoms with van der Waals surface area (Å²) in [4.78, 5) is 52.5. The first-order valence-corrected chi connectivity index (χ1v) is 12.6. The molecular formula is C25H32FN7O4. The number of halogens is 1. The van der Waals surface area contributed by atoms with Crippen molar-refractivity contribution in [1.29, 1.82) is 0 Å². The lowest BCUT2D eigenvalue weighted by Gasteiger charge is -2.47. The number of fused-ring (bicyclic) bond motifs is 1. The molecule has 3 amide bonds. The van der Waals surface area contributed by atoms with Crippen LogP contribution in [0.25, 0.3) is 0 Å². The molecule has 0 aromatic carbocycles. The minimum Gasteiger partial charge on any atom is -0.383 e. The Labute approximate surface area is 214 Å². The van der Waals surface area contributed by atoms with Gasteiger partial charge in [-0.3, -0.25) is 24.8 Å². The van der Waals surface area contributed by atoms with Gasteiger partial charge in [-0.15, -0.1) is 0 Å². The molecule has 2 N–H and O–H groups in total. The fraction of sp³-hybridized carbons (Fsp3) is 0.560. The van der Waals surface area contributed by atoms with E-state index in [9.17, 15) is 18.8 Å². The smallest absolute Gasteiger partial charge is 0.274 e. The molecule has 1 aliphatic carbocycles. The maximum Gasteiger partial charge on any atom is 0.274 e. The van der Waals surface area contributed by atoms with Crippen LogP contribution < -0.4 is 10.7 Å². The van der Waals surface area contributed by atoms with E-state index < -0.39 is 17.4 Å². The van der Waals surface area contributed by atoms with Crippen LogP contribution in [0.15, 0.2) is 34.6 Å². The SMILES string of the molecule is COC[C@H](C)N1CC2=C(C1=O)N(CC(=O)Nc1ccc(F)cn1)C1(C)CC(=NC3CCCC3)NN1C2=O. The average molecular weight is 514 g/mol. The van der Waals surface area contributed by atoms with E-state index >= 15 is 0 Å². The molecule has 11 nitrogen and oxygen atoms in total. The molecule has 2 fully saturated rings. The highest BCUT2D eigenvalue weighted by Crippen LogP contribution is 2.41. The predicted molar refractivity (Wildman–Crippen MR) is 132 cm³/mol. The van der Waals surface area contributed by atoms with Gasteiger partial charge in [-0.1, -0.05) is 12.8 Å². The van der Waals surface area contributed by atoms with Crippen molar-refractivity contribution in [3.05, 3.63) is 35.4 Å². The number of pyridine rings is 1. The molecule has 198 valence electrons. The highest BCUT2D eigenvalue weighted by atomic mass is 19.1. The number of methoxy groups -OCH3 is 1. The van der Waals surface area contributed by atoms with Crippen molar-refractivity contribution < 1.29 is 23.5 Å². The zero-order valence-corrected chi connectivity index (χ0v) is 21.3. The Kier molecular flexibility index (Phi) is 6.61. The quantitative estimate of drug-likeness (QED) is 0.566. The maximum absolute atomic E-state index is 13.7. The molecule has 4 aliphatic rings. The van der Waals surface area contributed by atoms with E-state index in [4.69, 9.17) is 9.73 Å². The van der Waals surface area contributed by atoms with Crippen LogP contribution in [0.5, 0.6) is 0 Å². The molecule has 3 aliphatic heterocycles. The topological polar surface area (TPSA) is 119 Å². The summed E-state index contributed by atoms with van der Waals surface area (Å²) in [5, 5.41) is 4.16. The number of hydrogen-bond acceptors (Lipinski definition) is 7. The van der Waals surface area contributed by atoms with Crippen molar-refractivity contribution in [1.82, 2.24) is 25.2 Å². The Morgan fingerprint density at radius 1 is 1.32 bits per heavy atom. The molecule has 0 radical (unpaired) electrons. The molecule has 1 saturated carbocycles. The number of amidine groups is 1. The Balaban J connectivity index is 1.46. The number of anilines is 1. The lowest BCUT2D eigenvalue weighted by molar-refractivity contribution is -0.148. The average Bonchev–Trinajstić information content (AvgIpc) is 3.57. The van der Waals surface area contributed by atoms with Gasteiger partial charge in [0, 0.05) is 7.11 Å². The van der Waals surface area contributed by atoms with Crippen molar-refractivity contribution in [3.8, 4) is 0 Å². The first-order valence-electron chi connectivity index (χ1n) is 12.6. The van der Waals surface area contributed by atoms with E-state index in [2.05, 4.69) is 15.7 Å². The first kappa shape index (κ1) is 25.1. The summed E-state index contributed by atoms with van der Waals surface area (Å²) in [6.45, 7) is 3.91. The monoisotopic (exact) mass is 513 g/mol. The van der Waals surface area contributed by atoms with Gasteiger partial charge in [-0.05, 0) is 38.8 Å². The lowest BCUT2D eigenvalue weighted by atomic mass is 9.99. The highest BCUT2D eigenvalue weighted by molar-refractivity contribution is 6.11. The molecule has 2 atom stereocenters. The molecule has 1 unspecified atom stereocenters. The van der Waals surface area contributed by atoms with Crippen LogP contribution in [0, 0.1) is 5.82 Å². The van der Waals surface area contributed by atoms with Crippen LogP contribution in [0.2, 0.25) is 0 Å². The number of rotatable bonds is 7. The second-order valence-electron chi connectivity index (χ2n) is 10.2. The van der Waals surface area contributed by atoms with Crippen LogP contribution >= 0.6 is 0 Å². The number of aromatic nitrogens is 1. The third-order valence-corrected chi connectivity index (χ3v) is 7.51. The van der Waals surface area contributed by atoms with Gasteiger partial charge in [0.25, 0.3) is 11.8 Å². The summed E-state index contributed by atoms with van der Waals surface area (Å²) < 4.78 is 18.5. The molecule has 0 bridgehead atoms. The van der Waals surface area contributed by atoms with E-state index in [-0.39, 0.29) is 48.5 Å². The Bertz CT molecular complexity index is 1160. The van der Waals surface area contributed by atoms with Crippen LogP contribution in [0.1, 0.15) is 46.0 Å². The second kappa shape index (κ2) is 9.73. The number of ether oxygens (including phenoxy) is 1. The third kappa shape index (κ3) is 4.54. The molecule has 5 rings (SSSR count). The largest absolute Gasteiger partial charge is 0.383 e. The van der Waals surface area contributed by atoms with Gasteiger partial charge < -0.3 is 19.9 Å². The number of nitrogens with one attached hydrogen (secondary N) is 2. The number of carbonyl (C=O) groups is 3. The lowest BCUT2D eigenvalue weighted by Crippen LogP contribution is -2.64. The summed E-state index contributed by atoms with van der Waals surface area (Å²) >= 11 is 0. The predicted octanol–water partition coefficient (Wildman–Crippen LogP) is 1.40. The third-order valence-electron chi connectivity index (χ3n) is 7.51. The second-order valence-corrected chi connectivity index (χ2v) is 10.2. The van der Waals surface area contributed by atoms with E-state index in [1.807, 2.05) is 13.8 Å². The van der Waals surface area contributed by atoms with Crippen molar-refractivity contribution in [3.63, 3.8) is 0 Å². The van der Waals surface area contributed by atoms with Crippen molar-refractivity contribution in [2.24, 2.45) is 4.99 Å². The standard InChI is InChI=1S/C25H32FN7O4/c1-15(14-37-3)31-12-18-22(24(31)36)32(13-21(34)29-19-9-8-16(26)11-27-19)25(2)10-20(30-33(25)23(18)35)28-17-6-4-5-7-17/h8-9,11,15,17H,4-7,10,12-14H2,1-3H3,(H,28,30)(H,27,29,34)/t15-,25?/m0/s1. The number of carbonyl (C=O) groups excluding carboxylic acids is 3. The van der Waals surface area contributed by atoms with Crippen LogP contribution in [0.4, 0.5) is 10.2 Å². The number of aliphatic imine (C=N–C) groups is 1. The molecule has 1 aromatic heterocycles. The normalized spacial score (nSPS) is 25.6. The molecular weight excluding hydrogens is 481 g/mol. The summed E-state index contributed by atoms with van der Waals surface area (Å²) in [5.41, 5.74) is 2.70. The van der Waals surface area contributed by atoms with Crippen LogP contribution in [-0.2, 0) is 19.1 Å². The zero-order chi connectivity index (χ0) is 26.3.